The predicted molar refractivity (Wildman–Crippen MR) is 75.4 cm³/mol. The molecule has 19 heavy (non-hydrogen) atoms. The van der Waals surface area contributed by atoms with Crippen LogP contribution in [0.4, 0.5) is 0 Å². The van der Waals surface area contributed by atoms with E-state index in [1.807, 2.05) is 13.8 Å². The van der Waals surface area contributed by atoms with Crippen LogP contribution < -0.4 is 10.1 Å². The van der Waals surface area contributed by atoms with Crippen molar-refractivity contribution in [1.29, 1.82) is 0 Å². The van der Waals surface area contributed by atoms with Crippen LogP contribution in [0.1, 0.15) is 26.3 Å². The van der Waals surface area contributed by atoms with Crippen LogP contribution in [-0.4, -0.2) is 23.7 Å². The largest absolute Gasteiger partial charge is 0.491 e. The molecule has 0 radical (unpaired) electrons. The first-order chi connectivity index (χ1) is 8.90. The molecule has 1 rings (SSSR count). The summed E-state index contributed by atoms with van der Waals surface area (Å²) in [5.74, 6) is -0.193. The van der Waals surface area contributed by atoms with Crippen molar-refractivity contribution in [3.63, 3.8) is 0 Å². The van der Waals surface area contributed by atoms with Crippen molar-refractivity contribution in [2.75, 3.05) is 6.54 Å². The molecule has 4 nitrogen and oxygen atoms in total. The van der Waals surface area contributed by atoms with Crippen LogP contribution in [0.3, 0.4) is 0 Å². The van der Waals surface area contributed by atoms with Crippen LogP contribution in [0.15, 0.2) is 36.9 Å². The van der Waals surface area contributed by atoms with Gasteiger partial charge in [0.1, 0.15) is 11.3 Å². The van der Waals surface area contributed by atoms with Gasteiger partial charge in [-0.25, -0.2) is 4.79 Å². The average Bonchev–Trinajstić information content (AvgIpc) is 2.35. The summed E-state index contributed by atoms with van der Waals surface area (Å²) in [5.41, 5.74) is -0.456. The minimum Gasteiger partial charge on any atom is -0.491 e. The number of ether oxygens (including phenoxy) is 1. The zero-order valence-electron chi connectivity index (χ0n) is 11.6. The van der Waals surface area contributed by atoms with Gasteiger partial charge >= 0.3 is 5.97 Å². The van der Waals surface area contributed by atoms with Crippen LogP contribution >= 0.6 is 0 Å². The first-order valence-corrected chi connectivity index (χ1v) is 6.26. The Bertz CT molecular complexity index is 439. The molecule has 0 aromatic heterocycles. The van der Waals surface area contributed by atoms with Gasteiger partial charge in [-0.05, 0) is 38.5 Å². The second-order valence-corrected chi connectivity index (χ2v) is 4.79. The summed E-state index contributed by atoms with van der Waals surface area (Å²) < 4.78 is 5.54. The van der Waals surface area contributed by atoms with Crippen LogP contribution in [0.25, 0.3) is 0 Å². The molecule has 0 aliphatic carbocycles. The lowest BCUT2D eigenvalue weighted by atomic mass is 9.92. The van der Waals surface area contributed by atoms with Crippen molar-refractivity contribution in [2.24, 2.45) is 0 Å². The minimum atomic E-state index is -1.13. The Morgan fingerprint density at radius 1 is 1.47 bits per heavy atom. The van der Waals surface area contributed by atoms with Crippen LogP contribution in [0.5, 0.6) is 5.75 Å². The highest BCUT2D eigenvalue weighted by atomic mass is 16.5. The molecule has 2 N–H and O–H groups in total. The van der Waals surface area contributed by atoms with Gasteiger partial charge in [-0.1, -0.05) is 18.2 Å². The number of rotatable bonds is 7. The summed E-state index contributed by atoms with van der Waals surface area (Å²) in [6.07, 6.45) is 1.73. The van der Waals surface area contributed by atoms with Crippen LogP contribution in [0.2, 0.25) is 0 Å². The van der Waals surface area contributed by atoms with E-state index in [-0.39, 0.29) is 6.10 Å². The fourth-order valence-corrected chi connectivity index (χ4v) is 1.72. The molecule has 0 bridgehead atoms. The van der Waals surface area contributed by atoms with Gasteiger partial charge in [0.15, 0.2) is 0 Å². The van der Waals surface area contributed by atoms with E-state index in [2.05, 4.69) is 11.9 Å². The third-order valence-corrected chi connectivity index (χ3v) is 2.83. The summed E-state index contributed by atoms with van der Waals surface area (Å²) in [6, 6.07) is 7.10. The normalized spacial score (nSPS) is 13.9. The molecule has 0 heterocycles. The van der Waals surface area contributed by atoms with Gasteiger partial charge in [0, 0.05) is 6.54 Å². The smallest absolute Gasteiger partial charge is 0.328 e. The molecule has 0 aliphatic rings. The number of carboxylic acids is 1. The molecule has 1 unspecified atom stereocenters. The Balaban J connectivity index is 2.97. The molecular formula is C15H21NO3. The zero-order valence-corrected chi connectivity index (χ0v) is 11.6. The number of benzene rings is 1. The van der Waals surface area contributed by atoms with Gasteiger partial charge in [0.2, 0.25) is 0 Å². The molecule has 0 saturated carbocycles. The second kappa shape index (κ2) is 6.38. The summed E-state index contributed by atoms with van der Waals surface area (Å²) in [7, 11) is 0. The molecule has 1 aromatic carbocycles. The molecule has 0 fully saturated rings. The van der Waals surface area contributed by atoms with Crippen molar-refractivity contribution in [2.45, 2.75) is 32.4 Å². The van der Waals surface area contributed by atoms with Crippen LogP contribution in [0, 0.1) is 0 Å². The third kappa shape index (κ3) is 3.83. The fraction of sp³-hybridized carbons (Fsp3) is 0.400. The van der Waals surface area contributed by atoms with Crippen molar-refractivity contribution in [3.8, 4) is 5.75 Å². The molecule has 0 amide bonds. The maximum atomic E-state index is 11.5. The van der Waals surface area contributed by atoms with Gasteiger partial charge in [-0.15, -0.1) is 6.58 Å². The number of carboxylic acid groups (broad SMARTS) is 1. The van der Waals surface area contributed by atoms with Crippen molar-refractivity contribution >= 4 is 5.97 Å². The number of hydrogen-bond acceptors (Lipinski definition) is 3. The Labute approximate surface area is 114 Å². The first-order valence-electron chi connectivity index (χ1n) is 6.26. The zero-order chi connectivity index (χ0) is 14.5. The third-order valence-electron chi connectivity index (χ3n) is 2.83. The second-order valence-electron chi connectivity index (χ2n) is 4.79. The molecule has 0 aliphatic heterocycles. The highest BCUT2D eigenvalue weighted by Crippen LogP contribution is 2.24. The van der Waals surface area contributed by atoms with E-state index < -0.39 is 11.5 Å². The summed E-state index contributed by atoms with van der Waals surface area (Å²) in [5, 5.41) is 12.4. The van der Waals surface area contributed by atoms with Gasteiger partial charge in [0.05, 0.1) is 6.10 Å². The van der Waals surface area contributed by atoms with Crippen molar-refractivity contribution in [1.82, 2.24) is 5.32 Å². The quantitative estimate of drug-likeness (QED) is 0.742. The van der Waals surface area contributed by atoms with Gasteiger partial charge < -0.3 is 9.84 Å². The summed E-state index contributed by atoms with van der Waals surface area (Å²) in [6.45, 7) is 9.54. The highest BCUT2D eigenvalue weighted by molar-refractivity contribution is 5.80. The minimum absolute atomic E-state index is 0.0931. The first kappa shape index (κ1) is 15.2. The predicted octanol–water partition coefficient (Wildman–Crippen LogP) is 2.55. The summed E-state index contributed by atoms with van der Waals surface area (Å²) in [4.78, 5) is 11.5. The van der Waals surface area contributed by atoms with Crippen LogP contribution in [-0.2, 0) is 10.3 Å². The Hall–Kier alpha value is -1.81. The lowest BCUT2D eigenvalue weighted by Crippen LogP contribution is -2.46. The molecule has 104 valence electrons. The monoisotopic (exact) mass is 263 g/mol. The Morgan fingerprint density at radius 2 is 2.05 bits per heavy atom. The fourth-order valence-electron chi connectivity index (χ4n) is 1.72. The van der Waals surface area contributed by atoms with E-state index in [0.717, 1.165) is 5.75 Å². The number of carbonyl (C=O) groups is 1. The average molecular weight is 263 g/mol. The highest BCUT2D eigenvalue weighted by Gasteiger charge is 2.34. The topological polar surface area (TPSA) is 58.6 Å². The summed E-state index contributed by atoms with van der Waals surface area (Å²) >= 11 is 0. The Morgan fingerprint density at radius 3 is 2.47 bits per heavy atom. The maximum absolute atomic E-state index is 11.5. The molecule has 0 saturated heterocycles. The van der Waals surface area contributed by atoms with Crippen molar-refractivity contribution < 1.29 is 14.6 Å². The standard InChI is InChI=1S/C15H21NO3/c1-5-10-16-15(4,14(17)18)12-6-8-13(9-7-12)19-11(2)3/h5-9,11,16H,1,10H2,2-4H3,(H,17,18). The van der Waals surface area contributed by atoms with E-state index in [9.17, 15) is 9.90 Å². The lowest BCUT2D eigenvalue weighted by molar-refractivity contribution is -0.144. The lowest BCUT2D eigenvalue weighted by Gasteiger charge is -2.26. The van der Waals surface area contributed by atoms with E-state index in [4.69, 9.17) is 4.74 Å². The molecule has 4 heteroatoms. The van der Waals surface area contributed by atoms with E-state index in [0.29, 0.717) is 12.1 Å². The molecule has 1 aromatic rings. The van der Waals surface area contributed by atoms with Gasteiger partial charge in [-0.2, -0.15) is 0 Å². The molecule has 1 atom stereocenters. The number of aliphatic carboxylic acids is 1. The van der Waals surface area contributed by atoms with E-state index in [1.54, 1.807) is 37.3 Å². The number of hydrogen-bond donors (Lipinski definition) is 2. The van der Waals surface area contributed by atoms with Gasteiger partial charge in [0.25, 0.3) is 0 Å². The van der Waals surface area contributed by atoms with Gasteiger partial charge in [-0.3, -0.25) is 5.32 Å². The van der Waals surface area contributed by atoms with E-state index in [1.165, 1.54) is 0 Å². The van der Waals surface area contributed by atoms with E-state index >= 15 is 0 Å². The number of nitrogens with one attached hydrogen (secondary N) is 1. The molecular weight excluding hydrogens is 242 g/mol. The SMILES string of the molecule is C=CCNC(C)(C(=O)O)c1ccc(OC(C)C)cc1. The molecule has 0 spiro atoms. The van der Waals surface area contributed by atoms with Crippen molar-refractivity contribution in [3.05, 3.63) is 42.5 Å². The maximum Gasteiger partial charge on any atom is 0.328 e. The Kier molecular flexibility index (Phi) is 5.12.